The first kappa shape index (κ1) is 12.0. The standard InChI is InChI=1S/C10H11N3O2S2/c11-10-9(2-1-4-12-10)17(14,15)13-6-8-3-5-16-7-8/h1-5,7,13H,6H2,(H2,11,12). The Morgan fingerprint density at radius 1 is 1.41 bits per heavy atom. The summed E-state index contributed by atoms with van der Waals surface area (Å²) in [6, 6.07) is 4.83. The molecule has 5 nitrogen and oxygen atoms in total. The molecule has 0 amide bonds. The number of rotatable bonds is 4. The number of nitrogens with one attached hydrogen (secondary N) is 1. The van der Waals surface area contributed by atoms with Crippen LogP contribution in [0.15, 0.2) is 40.1 Å². The van der Waals surface area contributed by atoms with Gasteiger partial charge in [0.25, 0.3) is 0 Å². The minimum atomic E-state index is -3.60. The van der Waals surface area contributed by atoms with Gasteiger partial charge in [0.1, 0.15) is 10.7 Å². The highest BCUT2D eigenvalue weighted by Crippen LogP contribution is 2.15. The summed E-state index contributed by atoms with van der Waals surface area (Å²) in [6.45, 7) is 0.250. The van der Waals surface area contributed by atoms with E-state index in [4.69, 9.17) is 5.73 Å². The summed E-state index contributed by atoms with van der Waals surface area (Å²) in [4.78, 5) is 3.76. The number of nitrogens with two attached hydrogens (primary N) is 1. The molecule has 2 heterocycles. The summed E-state index contributed by atoms with van der Waals surface area (Å²) in [5.41, 5.74) is 6.45. The Morgan fingerprint density at radius 2 is 2.24 bits per heavy atom. The van der Waals surface area contributed by atoms with Gasteiger partial charge in [0.15, 0.2) is 0 Å². The predicted molar refractivity (Wildman–Crippen MR) is 67.0 cm³/mol. The average Bonchev–Trinajstić information content (AvgIpc) is 2.80. The molecule has 0 aromatic carbocycles. The topological polar surface area (TPSA) is 85.1 Å². The second kappa shape index (κ2) is 4.82. The Labute approximate surface area is 103 Å². The minimum Gasteiger partial charge on any atom is -0.383 e. The van der Waals surface area contributed by atoms with E-state index in [2.05, 4.69) is 9.71 Å². The molecule has 0 spiro atoms. The van der Waals surface area contributed by atoms with E-state index in [-0.39, 0.29) is 17.3 Å². The summed E-state index contributed by atoms with van der Waals surface area (Å²) in [6.07, 6.45) is 1.45. The SMILES string of the molecule is Nc1ncccc1S(=O)(=O)NCc1ccsc1. The molecule has 7 heteroatoms. The highest BCUT2D eigenvalue weighted by molar-refractivity contribution is 7.89. The van der Waals surface area contributed by atoms with Crippen LogP contribution in [0.2, 0.25) is 0 Å². The van der Waals surface area contributed by atoms with Crippen LogP contribution in [0.25, 0.3) is 0 Å². The van der Waals surface area contributed by atoms with Gasteiger partial charge in [0.2, 0.25) is 10.0 Å². The molecule has 0 aliphatic heterocycles. The fraction of sp³-hybridized carbons (Fsp3) is 0.100. The maximum absolute atomic E-state index is 11.9. The third kappa shape index (κ3) is 2.82. The number of hydrogen-bond acceptors (Lipinski definition) is 5. The van der Waals surface area contributed by atoms with Crippen LogP contribution in [-0.2, 0) is 16.6 Å². The van der Waals surface area contributed by atoms with Gasteiger partial charge in [-0.25, -0.2) is 18.1 Å². The van der Waals surface area contributed by atoms with Crippen molar-refractivity contribution in [2.24, 2.45) is 0 Å². The molecule has 0 aliphatic rings. The van der Waals surface area contributed by atoms with Gasteiger partial charge in [-0.3, -0.25) is 0 Å². The molecule has 17 heavy (non-hydrogen) atoms. The van der Waals surface area contributed by atoms with E-state index in [9.17, 15) is 8.42 Å². The van der Waals surface area contributed by atoms with Gasteiger partial charge in [-0.15, -0.1) is 0 Å². The summed E-state index contributed by atoms with van der Waals surface area (Å²) in [7, 11) is -3.60. The molecule has 0 atom stereocenters. The number of hydrogen-bond donors (Lipinski definition) is 2. The molecular weight excluding hydrogens is 258 g/mol. The minimum absolute atomic E-state index is 0.00492. The van der Waals surface area contributed by atoms with E-state index in [1.54, 1.807) is 0 Å². The summed E-state index contributed by atoms with van der Waals surface area (Å²) < 4.78 is 26.3. The van der Waals surface area contributed by atoms with Gasteiger partial charge in [-0.05, 0) is 34.5 Å². The van der Waals surface area contributed by atoms with Gasteiger partial charge in [0.05, 0.1) is 0 Å². The largest absolute Gasteiger partial charge is 0.383 e. The lowest BCUT2D eigenvalue weighted by Gasteiger charge is -2.07. The Bertz CT molecular complexity index is 594. The summed E-state index contributed by atoms with van der Waals surface area (Å²) >= 11 is 1.52. The quantitative estimate of drug-likeness (QED) is 0.873. The van der Waals surface area contributed by atoms with Crippen LogP contribution in [0.1, 0.15) is 5.56 Å². The second-order valence-electron chi connectivity index (χ2n) is 3.34. The Hall–Kier alpha value is -1.44. The number of thiophene rings is 1. The van der Waals surface area contributed by atoms with Crippen LogP contribution < -0.4 is 10.5 Å². The zero-order valence-corrected chi connectivity index (χ0v) is 10.5. The fourth-order valence-corrected chi connectivity index (χ4v) is 3.05. The average molecular weight is 269 g/mol. The van der Waals surface area contributed by atoms with Crippen molar-refractivity contribution >= 4 is 27.2 Å². The van der Waals surface area contributed by atoms with Gasteiger partial charge in [-0.2, -0.15) is 11.3 Å². The Kier molecular flexibility index (Phi) is 3.41. The van der Waals surface area contributed by atoms with Crippen LogP contribution in [0.4, 0.5) is 5.82 Å². The van der Waals surface area contributed by atoms with Crippen molar-refractivity contribution in [1.82, 2.24) is 9.71 Å². The van der Waals surface area contributed by atoms with E-state index in [1.165, 1.54) is 29.7 Å². The number of nitrogen functional groups attached to an aromatic ring is 1. The molecule has 2 aromatic heterocycles. The van der Waals surface area contributed by atoms with Crippen LogP contribution in [0, 0.1) is 0 Å². The zero-order chi connectivity index (χ0) is 12.3. The first-order valence-electron chi connectivity index (χ1n) is 4.81. The normalized spacial score (nSPS) is 11.5. The first-order chi connectivity index (χ1) is 8.09. The molecule has 0 saturated carbocycles. The van der Waals surface area contributed by atoms with E-state index < -0.39 is 10.0 Å². The molecule has 2 rings (SSSR count). The molecule has 90 valence electrons. The van der Waals surface area contributed by atoms with Crippen molar-refractivity contribution in [3.8, 4) is 0 Å². The maximum atomic E-state index is 11.9. The summed E-state index contributed by atoms with van der Waals surface area (Å²) in [5, 5.41) is 3.77. The number of aromatic nitrogens is 1. The van der Waals surface area contributed by atoms with Gasteiger partial charge in [-0.1, -0.05) is 0 Å². The second-order valence-corrected chi connectivity index (χ2v) is 5.86. The van der Waals surface area contributed by atoms with Crippen molar-refractivity contribution in [2.45, 2.75) is 11.4 Å². The molecule has 0 aliphatic carbocycles. The van der Waals surface area contributed by atoms with Crippen LogP contribution in [0.5, 0.6) is 0 Å². The molecule has 0 fully saturated rings. The molecule has 2 aromatic rings. The number of anilines is 1. The van der Waals surface area contributed by atoms with Crippen LogP contribution in [-0.4, -0.2) is 13.4 Å². The lowest BCUT2D eigenvalue weighted by Crippen LogP contribution is -2.24. The Morgan fingerprint density at radius 3 is 2.88 bits per heavy atom. The molecule has 0 bridgehead atoms. The van der Waals surface area contributed by atoms with E-state index in [0.717, 1.165) is 5.56 Å². The maximum Gasteiger partial charge on any atom is 0.244 e. The Balaban J connectivity index is 2.17. The summed E-state index contributed by atoms with van der Waals surface area (Å²) in [5.74, 6) is 0.00492. The van der Waals surface area contributed by atoms with Crippen LogP contribution >= 0.6 is 11.3 Å². The fourth-order valence-electron chi connectivity index (χ4n) is 1.28. The third-order valence-electron chi connectivity index (χ3n) is 2.14. The smallest absolute Gasteiger partial charge is 0.244 e. The molecule has 0 radical (unpaired) electrons. The van der Waals surface area contributed by atoms with Gasteiger partial charge < -0.3 is 5.73 Å². The predicted octanol–water partition coefficient (Wildman–Crippen LogP) is 1.20. The van der Waals surface area contributed by atoms with Crippen molar-refractivity contribution in [1.29, 1.82) is 0 Å². The molecular formula is C10H11N3O2S2. The van der Waals surface area contributed by atoms with E-state index in [1.807, 2.05) is 16.8 Å². The van der Waals surface area contributed by atoms with Gasteiger partial charge >= 0.3 is 0 Å². The molecule has 0 saturated heterocycles. The lowest BCUT2D eigenvalue weighted by molar-refractivity contribution is 0.581. The van der Waals surface area contributed by atoms with Crippen LogP contribution in [0.3, 0.4) is 0 Å². The lowest BCUT2D eigenvalue weighted by atomic mass is 10.4. The number of pyridine rings is 1. The van der Waals surface area contributed by atoms with Crippen molar-refractivity contribution in [3.05, 3.63) is 40.7 Å². The van der Waals surface area contributed by atoms with E-state index in [0.29, 0.717) is 0 Å². The third-order valence-corrected chi connectivity index (χ3v) is 4.32. The number of nitrogens with zero attached hydrogens (tertiary/aromatic N) is 1. The van der Waals surface area contributed by atoms with E-state index >= 15 is 0 Å². The van der Waals surface area contributed by atoms with Crippen molar-refractivity contribution in [3.63, 3.8) is 0 Å². The first-order valence-corrected chi connectivity index (χ1v) is 7.23. The molecule has 3 N–H and O–H groups in total. The van der Waals surface area contributed by atoms with Crippen molar-refractivity contribution < 1.29 is 8.42 Å². The van der Waals surface area contributed by atoms with Gasteiger partial charge in [0, 0.05) is 12.7 Å². The highest BCUT2D eigenvalue weighted by atomic mass is 32.2. The highest BCUT2D eigenvalue weighted by Gasteiger charge is 2.17. The van der Waals surface area contributed by atoms with Crippen molar-refractivity contribution in [2.75, 3.05) is 5.73 Å². The molecule has 0 unspecified atom stereocenters. The number of sulfonamides is 1. The monoisotopic (exact) mass is 269 g/mol. The zero-order valence-electron chi connectivity index (χ0n) is 8.83.